The smallest absolute Gasteiger partial charge is 0.418 e. The van der Waals surface area contributed by atoms with E-state index >= 15 is 0 Å². The van der Waals surface area contributed by atoms with Crippen LogP contribution in [0.5, 0.6) is 5.75 Å². The van der Waals surface area contributed by atoms with Crippen LogP contribution in [0.25, 0.3) is 11.1 Å². The number of thiazole rings is 1. The Morgan fingerprint density at radius 2 is 1.90 bits per heavy atom. The van der Waals surface area contributed by atoms with Crippen molar-refractivity contribution in [2.75, 3.05) is 30.7 Å². The van der Waals surface area contributed by atoms with Crippen molar-refractivity contribution in [2.24, 2.45) is 17.9 Å². The maximum absolute atomic E-state index is 13.3. The lowest BCUT2D eigenvalue weighted by Crippen LogP contribution is -2.76. The summed E-state index contributed by atoms with van der Waals surface area (Å²) in [5, 5.41) is 19.3. The summed E-state index contributed by atoms with van der Waals surface area (Å²) in [4.78, 5) is 47.0. The first-order valence-electron chi connectivity index (χ1n) is 13.9. The molecule has 8 N–H and O–H groups in total. The maximum atomic E-state index is 13.3. The summed E-state index contributed by atoms with van der Waals surface area (Å²) >= 11 is 6.97. The van der Waals surface area contributed by atoms with Gasteiger partial charge in [0.1, 0.15) is 28.4 Å². The maximum Gasteiger partial charge on any atom is 0.418 e. The van der Waals surface area contributed by atoms with Gasteiger partial charge in [-0.2, -0.15) is 13.5 Å². The fourth-order valence-corrected chi connectivity index (χ4v) is 5.80. The number of aliphatic carboxylic acids is 1. The van der Waals surface area contributed by atoms with Gasteiger partial charge in [0.25, 0.3) is 23.7 Å². The molecule has 0 spiro atoms. The second-order valence-electron chi connectivity index (χ2n) is 10.7. The number of nitrogen functional groups attached to an aromatic ring is 1. The number of carbonyl (C=O) groups is 3. The van der Waals surface area contributed by atoms with Crippen molar-refractivity contribution in [3.05, 3.63) is 52.6 Å². The first kappa shape index (κ1) is 36.2. The number of rotatable bonds is 15. The van der Waals surface area contributed by atoms with Gasteiger partial charge in [0, 0.05) is 18.2 Å². The van der Waals surface area contributed by atoms with E-state index in [-0.39, 0.29) is 15.2 Å². The van der Waals surface area contributed by atoms with Crippen LogP contribution in [-0.4, -0.2) is 89.0 Å². The Labute approximate surface area is 283 Å². The SMILES string of the molecule is C[n+]1cc(-c2ccc(OCC(O/N=C(\C(=O)N[C@@H]3C(=O)N(OS(=O)(=O)O)C3(C)C)c3nc(N)sc3Cl)C(=O)O)cc2)ccc1NCCN. The summed E-state index contributed by atoms with van der Waals surface area (Å²) in [5.41, 5.74) is 10.7. The molecule has 2 aromatic heterocycles. The molecule has 258 valence electrons. The zero-order valence-electron chi connectivity index (χ0n) is 25.6. The molecule has 0 radical (unpaired) electrons. The number of pyridine rings is 1. The molecule has 18 nitrogen and oxygen atoms in total. The Morgan fingerprint density at radius 3 is 2.44 bits per heavy atom. The first-order valence-corrected chi connectivity index (χ1v) is 16.5. The highest BCUT2D eigenvalue weighted by molar-refractivity contribution is 7.80. The van der Waals surface area contributed by atoms with Crippen molar-refractivity contribution < 1.29 is 50.9 Å². The lowest BCUT2D eigenvalue weighted by molar-refractivity contribution is -0.656. The van der Waals surface area contributed by atoms with Crippen LogP contribution in [0.1, 0.15) is 19.5 Å². The highest BCUT2D eigenvalue weighted by Gasteiger charge is 2.58. The molecule has 1 aliphatic heterocycles. The fourth-order valence-electron chi connectivity index (χ4n) is 4.42. The highest BCUT2D eigenvalue weighted by atomic mass is 35.5. The van der Waals surface area contributed by atoms with Gasteiger partial charge in [0.05, 0.1) is 25.3 Å². The van der Waals surface area contributed by atoms with Crippen LogP contribution in [0.15, 0.2) is 47.8 Å². The van der Waals surface area contributed by atoms with Gasteiger partial charge in [-0.3, -0.25) is 19.5 Å². The molecule has 0 bridgehead atoms. The zero-order chi connectivity index (χ0) is 35.4. The number of β-lactam (4-membered cyclic amide) rings is 1. The Hall–Kier alpha value is -4.60. The number of carboxylic acids is 1. The van der Waals surface area contributed by atoms with Crippen LogP contribution in [-0.2, 0) is 41.0 Å². The number of hydrogen-bond acceptors (Lipinski definition) is 14. The zero-order valence-corrected chi connectivity index (χ0v) is 28.0. The summed E-state index contributed by atoms with van der Waals surface area (Å²) in [6.45, 7) is 3.27. The van der Waals surface area contributed by atoms with E-state index in [1.807, 2.05) is 29.9 Å². The van der Waals surface area contributed by atoms with Crippen molar-refractivity contribution in [1.29, 1.82) is 0 Å². The molecule has 1 saturated heterocycles. The molecule has 21 heteroatoms. The summed E-state index contributed by atoms with van der Waals surface area (Å²) in [6.07, 6.45) is 0.206. The molecule has 1 fully saturated rings. The Morgan fingerprint density at radius 1 is 1.23 bits per heavy atom. The van der Waals surface area contributed by atoms with Gasteiger partial charge in [-0.05, 0) is 37.6 Å². The standard InChI is InChI=1S/C27H31ClN8O10S2/c1-27(2)21(24(38)36(27)46-48(41,42)43)33-23(37)20(19-22(28)47-26(30)32-19)34-45-17(25(39)40)13-44-16-7-4-14(5-8-16)15-6-9-18(31-11-10-29)35(3)12-15/h4-9,12,17,21H,10-11,13,29H2,1-3H3,(H5,30,32,33,37,39,40,41,42,43)/p+1/b34-20-/t17?,21-/m1/s1. The third kappa shape index (κ3) is 8.45. The second-order valence-corrected chi connectivity index (χ2v) is 13.3. The molecular formula is C27H32ClN8O10S2+. The van der Waals surface area contributed by atoms with Crippen molar-refractivity contribution in [1.82, 2.24) is 15.4 Å². The van der Waals surface area contributed by atoms with Gasteiger partial charge in [0.2, 0.25) is 0 Å². The van der Waals surface area contributed by atoms with E-state index < -0.39 is 58.2 Å². The van der Waals surface area contributed by atoms with Gasteiger partial charge in [0.15, 0.2) is 10.8 Å². The fraction of sp³-hybridized carbons (Fsp3) is 0.333. The second kappa shape index (κ2) is 14.7. The van der Waals surface area contributed by atoms with Crippen LogP contribution < -0.4 is 31.4 Å². The summed E-state index contributed by atoms with van der Waals surface area (Å²) < 4.78 is 42.9. The first-order chi connectivity index (χ1) is 22.5. The number of carbonyl (C=O) groups excluding carboxylic acids is 2. The highest BCUT2D eigenvalue weighted by Crippen LogP contribution is 2.33. The quantitative estimate of drug-likeness (QED) is 0.0405. The number of oxime groups is 1. The average molecular weight is 728 g/mol. The number of aryl methyl sites for hydroxylation is 1. The van der Waals surface area contributed by atoms with Crippen molar-refractivity contribution in [3.8, 4) is 16.9 Å². The monoisotopic (exact) mass is 727 g/mol. The Kier molecular flexibility index (Phi) is 11.1. The predicted octanol–water partition coefficient (Wildman–Crippen LogP) is 0.334. The molecule has 3 heterocycles. The number of benzene rings is 1. The third-order valence-electron chi connectivity index (χ3n) is 6.88. The molecule has 1 aromatic carbocycles. The van der Waals surface area contributed by atoms with E-state index in [0.717, 1.165) is 28.3 Å². The molecule has 48 heavy (non-hydrogen) atoms. The molecule has 3 aromatic rings. The molecule has 2 atom stereocenters. The topological polar surface area (TPSA) is 262 Å². The number of anilines is 2. The predicted molar refractivity (Wildman–Crippen MR) is 172 cm³/mol. The van der Waals surface area contributed by atoms with Crippen LogP contribution in [0, 0.1) is 0 Å². The third-order valence-corrected chi connectivity index (χ3v) is 8.30. The number of ether oxygens (including phenoxy) is 1. The minimum Gasteiger partial charge on any atom is -0.489 e. The molecule has 1 unspecified atom stereocenters. The Balaban J connectivity index is 1.47. The van der Waals surface area contributed by atoms with E-state index in [9.17, 15) is 27.9 Å². The molecule has 2 amide bonds. The van der Waals surface area contributed by atoms with E-state index in [4.69, 9.17) is 37.2 Å². The van der Waals surface area contributed by atoms with Gasteiger partial charge in [-0.1, -0.05) is 40.2 Å². The van der Waals surface area contributed by atoms with E-state index in [1.54, 1.807) is 24.3 Å². The van der Waals surface area contributed by atoms with Gasteiger partial charge in [-0.25, -0.2) is 14.3 Å². The van der Waals surface area contributed by atoms with Crippen LogP contribution >= 0.6 is 22.9 Å². The van der Waals surface area contributed by atoms with Crippen LogP contribution in [0.2, 0.25) is 4.34 Å². The average Bonchev–Trinajstić information content (AvgIpc) is 3.35. The number of nitrogens with two attached hydrogens (primary N) is 2. The summed E-state index contributed by atoms with van der Waals surface area (Å²) in [5.74, 6) is -2.40. The van der Waals surface area contributed by atoms with Gasteiger partial charge >= 0.3 is 16.4 Å². The number of halogens is 1. The van der Waals surface area contributed by atoms with E-state index in [2.05, 4.69) is 25.1 Å². The molecule has 1 aliphatic rings. The van der Waals surface area contributed by atoms with Gasteiger partial charge < -0.3 is 31.5 Å². The lowest BCUT2D eigenvalue weighted by atomic mass is 9.84. The van der Waals surface area contributed by atoms with E-state index in [0.29, 0.717) is 23.9 Å². The van der Waals surface area contributed by atoms with Crippen molar-refractivity contribution in [2.45, 2.75) is 31.5 Å². The number of nitrogens with one attached hydrogen (secondary N) is 2. The normalized spacial score (nSPS) is 16.5. The van der Waals surface area contributed by atoms with Gasteiger partial charge in [-0.15, -0.1) is 4.28 Å². The number of nitrogens with zero attached hydrogens (tertiary/aromatic N) is 4. The number of amides is 2. The lowest BCUT2D eigenvalue weighted by Gasteiger charge is -2.50. The summed E-state index contributed by atoms with van der Waals surface area (Å²) in [6, 6.07) is 9.33. The van der Waals surface area contributed by atoms with Crippen molar-refractivity contribution >= 4 is 67.8 Å². The minimum atomic E-state index is -5.04. The summed E-state index contributed by atoms with van der Waals surface area (Å²) in [7, 11) is -3.15. The molecular weight excluding hydrogens is 696 g/mol. The number of hydrogen-bond donors (Lipinski definition) is 6. The van der Waals surface area contributed by atoms with Crippen LogP contribution in [0.4, 0.5) is 10.9 Å². The molecule has 0 saturated carbocycles. The number of hydroxylamine groups is 2. The van der Waals surface area contributed by atoms with E-state index in [1.165, 1.54) is 13.8 Å². The Bertz CT molecular complexity index is 1840. The minimum absolute atomic E-state index is 0.0576. The number of carboxylic acid groups (broad SMARTS) is 1. The molecule has 4 rings (SSSR count). The largest absolute Gasteiger partial charge is 0.489 e. The number of aromatic nitrogens is 2. The van der Waals surface area contributed by atoms with Crippen LogP contribution in [0.3, 0.4) is 0 Å². The molecule has 0 aliphatic carbocycles. The van der Waals surface area contributed by atoms with Crippen molar-refractivity contribution in [3.63, 3.8) is 0 Å².